The molecule has 6 nitrogen and oxygen atoms in total. The summed E-state index contributed by atoms with van der Waals surface area (Å²) in [7, 11) is 1.63. The van der Waals surface area contributed by atoms with Crippen molar-refractivity contribution < 1.29 is 14.6 Å². The lowest BCUT2D eigenvalue weighted by molar-refractivity contribution is 0.213. The zero-order valence-corrected chi connectivity index (χ0v) is 17.2. The molecule has 138 valence electrons. The Morgan fingerprint density at radius 2 is 1.88 bits per heavy atom. The summed E-state index contributed by atoms with van der Waals surface area (Å²) in [6.07, 6.45) is -0.0505. The van der Waals surface area contributed by atoms with Crippen LogP contribution >= 0.6 is 24.0 Å². The summed E-state index contributed by atoms with van der Waals surface area (Å²) >= 11 is 0. The van der Waals surface area contributed by atoms with Crippen molar-refractivity contribution in [3.05, 3.63) is 24.3 Å². The summed E-state index contributed by atoms with van der Waals surface area (Å²) in [6.45, 7) is 8.06. The Kier molecular flexibility index (Phi) is 12.4. The van der Waals surface area contributed by atoms with Crippen LogP contribution in [0.4, 0.5) is 0 Å². The predicted molar refractivity (Wildman–Crippen MR) is 109 cm³/mol. The number of guanidine groups is 1. The molecule has 0 amide bonds. The SMILES string of the molecule is CCNC(=NCC(C)CO)NCC(C)Oc1ccccc1OC.I. The van der Waals surface area contributed by atoms with Gasteiger partial charge in [-0.1, -0.05) is 19.1 Å². The molecular formula is C17H30IN3O3. The molecule has 24 heavy (non-hydrogen) atoms. The fraction of sp³-hybridized carbons (Fsp3) is 0.588. The highest BCUT2D eigenvalue weighted by Gasteiger charge is 2.09. The lowest BCUT2D eigenvalue weighted by Gasteiger charge is -2.19. The van der Waals surface area contributed by atoms with Crippen LogP contribution < -0.4 is 20.1 Å². The van der Waals surface area contributed by atoms with Gasteiger partial charge in [0.15, 0.2) is 17.5 Å². The number of methoxy groups -OCH3 is 1. The highest BCUT2D eigenvalue weighted by molar-refractivity contribution is 14.0. The number of nitrogens with zero attached hydrogens (tertiary/aromatic N) is 1. The minimum Gasteiger partial charge on any atom is -0.493 e. The second-order valence-corrected chi connectivity index (χ2v) is 5.47. The molecule has 0 saturated heterocycles. The van der Waals surface area contributed by atoms with Gasteiger partial charge in [0.25, 0.3) is 0 Å². The first kappa shape index (κ1) is 22.8. The maximum Gasteiger partial charge on any atom is 0.191 e. The van der Waals surface area contributed by atoms with Gasteiger partial charge in [-0.15, -0.1) is 24.0 Å². The summed E-state index contributed by atoms with van der Waals surface area (Å²) in [6, 6.07) is 7.58. The first-order valence-corrected chi connectivity index (χ1v) is 8.03. The number of aliphatic hydroxyl groups excluding tert-OH is 1. The number of aliphatic hydroxyl groups is 1. The Labute approximate surface area is 162 Å². The average molecular weight is 451 g/mol. The van der Waals surface area contributed by atoms with Crippen molar-refractivity contribution in [2.45, 2.75) is 26.9 Å². The topological polar surface area (TPSA) is 75.1 Å². The molecule has 0 aliphatic heterocycles. The number of nitrogens with one attached hydrogen (secondary N) is 2. The largest absolute Gasteiger partial charge is 0.493 e. The zero-order valence-electron chi connectivity index (χ0n) is 14.9. The third-order valence-corrected chi connectivity index (χ3v) is 3.17. The van der Waals surface area contributed by atoms with Crippen molar-refractivity contribution >= 4 is 29.9 Å². The Morgan fingerprint density at radius 3 is 2.46 bits per heavy atom. The molecule has 1 aromatic carbocycles. The van der Waals surface area contributed by atoms with Crippen LogP contribution in [-0.2, 0) is 0 Å². The van der Waals surface area contributed by atoms with Crippen molar-refractivity contribution in [2.24, 2.45) is 10.9 Å². The predicted octanol–water partition coefficient (Wildman–Crippen LogP) is 2.26. The molecule has 2 atom stereocenters. The Morgan fingerprint density at radius 1 is 1.21 bits per heavy atom. The van der Waals surface area contributed by atoms with Crippen molar-refractivity contribution in [1.82, 2.24) is 10.6 Å². The van der Waals surface area contributed by atoms with Crippen molar-refractivity contribution in [2.75, 3.05) is 33.4 Å². The van der Waals surface area contributed by atoms with Crippen LogP contribution in [0.5, 0.6) is 11.5 Å². The molecule has 7 heteroatoms. The number of hydrogen-bond acceptors (Lipinski definition) is 4. The summed E-state index contributed by atoms with van der Waals surface area (Å²) in [4.78, 5) is 4.45. The molecule has 0 radical (unpaired) electrons. The van der Waals surface area contributed by atoms with Gasteiger partial charge in [0, 0.05) is 19.7 Å². The maximum atomic E-state index is 9.07. The monoisotopic (exact) mass is 451 g/mol. The molecule has 0 aromatic heterocycles. The first-order chi connectivity index (χ1) is 11.1. The smallest absolute Gasteiger partial charge is 0.191 e. The van der Waals surface area contributed by atoms with Crippen LogP contribution in [0, 0.1) is 5.92 Å². The second kappa shape index (κ2) is 13.1. The number of benzene rings is 1. The standard InChI is InChI=1S/C17H29N3O3.HI/c1-5-18-17(19-10-13(2)12-21)20-11-14(3)23-16-9-7-6-8-15(16)22-4;/h6-9,13-14,21H,5,10-12H2,1-4H3,(H2,18,19,20);1H. The van der Waals surface area contributed by atoms with E-state index in [-0.39, 0.29) is 42.6 Å². The van der Waals surface area contributed by atoms with E-state index in [9.17, 15) is 0 Å². The third kappa shape index (κ3) is 8.58. The maximum absolute atomic E-state index is 9.07. The Balaban J connectivity index is 0.00000529. The molecule has 3 N–H and O–H groups in total. The van der Waals surface area contributed by atoms with Gasteiger partial charge in [-0.05, 0) is 31.9 Å². The highest BCUT2D eigenvalue weighted by atomic mass is 127. The van der Waals surface area contributed by atoms with Crippen LogP contribution in [0.3, 0.4) is 0 Å². The van der Waals surface area contributed by atoms with Crippen molar-refractivity contribution in [1.29, 1.82) is 0 Å². The van der Waals surface area contributed by atoms with Crippen molar-refractivity contribution in [3.8, 4) is 11.5 Å². The zero-order chi connectivity index (χ0) is 17.1. The molecule has 0 aliphatic rings. The minimum absolute atomic E-state index is 0. The van der Waals surface area contributed by atoms with Crippen LogP contribution in [0.25, 0.3) is 0 Å². The van der Waals surface area contributed by atoms with Crippen LogP contribution in [0.15, 0.2) is 29.3 Å². The molecule has 1 aromatic rings. The number of rotatable bonds is 9. The lowest BCUT2D eigenvalue weighted by atomic mass is 10.2. The number of hydrogen-bond donors (Lipinski definition) is 3. The Hall–Kier alpha value is -1.22. The van der Waals surface area contributed by atoms with Crippen LogP contribution in [-0.4, -0.2) is 50.5 Å². The molecule has 1 rings (SSSR count). The van der Waals surface area contributed by atoms with E-state index in [0.29, 0.717) is 13.1 Å². The van der Waals surface area contributed by atoms with Gasteiger partial charge in [0.2, 0.25) is 0 Å². The van der Waals surface area contributed by atoms with Gasteiger partial charge >= 0.3 is 0 Å². The fourth-order valence-electron chi connectivity index (χ4n) is 1.86. The average Bonchev–Trinajstić information content (AvgIpc) is 2.57. The molecular weight excluding hydrogens is 421 g/mol. The third-order valence-electron chi connectivity index (χ3n) is 3.17. The number of halogens is 1. The van der Waals surface area contributed by atoms with E-state index in [1.807, 2.05) is 45.0 Å². The number of ether oxygens (including phenoxy) is 2. The molecule has 0 fully saturated rings. The van der Waals surface area contributed by atoms with E-state index in [2.05, 4.69) is 15.6 Å². The Bertz CT molecular complexity index is 486. The van der Waals surface area contributed by atoms with E-state index < -0.39 is 0 Å². The summed E-state index contributed by atoms with van der Waals surface area (Å²) < 4.78 is 11.2. The van der Waals surface area contributed by atoms with Crippen LogP contribution in [0.2, 0.25) is 0 Å². The van der Waals surface area contributed by atoms with Gasteiger partial charge in [0.05, 0.1) is 13.7 Å². The molecule has 0 aliphatic carbocycles. The first-order valence-electron chi connectivity index (χ1n) is 8.03. The van der Waals surface area contributed by atoms with E-state index >= 15 is 0 Å². The molecule has 0 spiro atoms. The van der Waals surface area contributed by atoms with Gasteiger partial charge in [-0.3, -0.25) is 4.99 Å². The van der Waals surface area contributed by atoms with E-state index in [0.717, 1.165) is 24.0 Å². The summed E-state index contributed by atoms with van der Waals surface area (Å²) in [5.74, 6) is 2.31. The van der Waals surface area contributed by atoms with Crippen LogP contribution in [0.1, 0.15) is 20.8 Å². The quantitative estimate of drug-likeness (QED) is 0.305. The normalized spacial score (nSPS) is 13.5. The number of aliphatic imine (C=N–C) groups is 1. The van der Waals surface area contributed by atoms with Gasteiger partial charge < -0.3 is 25.2 Å². The van der Waals surface area contributed by atoms with Gasteiger partial charge in [0.1, 0.15) is 6.10 Å². The lowest BCUT2D eigenvalue weighted by Crippen LogP contribution is -2.42. The second-order valence-electron chi connectivity index (χ2n) is 5.47. The highest BCUT2D eigenvalue weighted by Crippen LogP contribution is 2.26. The summed E-state index contributed by atoms with van der Waals surface area (Å²) in [5.41, 5.74) is 0. The van der Waals surface area contributed by atoms with Gasteiger partial charge in [-0.2, -0.15) is 0 Å². The van der Waals surface area contributed by atoms with E-state index in [1.165, 1.54) is 0 Å². The fourth-order valence-corrected chi connectivity index (χ4v) is 1.86. The molecule has 0 heterocycles. The van der Waals surface area contributed by atoms with E-state index in [4.69, 9.17) is 14.6 Å². The molecule has 0 saturated carbocycles. The number of para-hydroxylation sites is 2. The molecule has 2 unspecified atom stereocenters. The summed E-state index contributed by atoms with van der Waals surface area (Å²) in [5, 5.41) is 15.5. The van der Waals surface area contributed by atoms with Gasteiger partial charge in [-0.25, -0.2) is 0 Å². The van der Waals surface area contributed by atoms with E-state index in [1.54, 1.807) is 7.11 Å². The minimum atomic E-state index is -0.0505. The molecule has 0 bridgehead atoms. The van der Waals surface area contributed by atoms with Crippen molar-refractivity contribution in [3.63, 3.8) is 0 Å².